The van der Waals surface area contributed by atoms with Gasteiger partial charge in [0.1, 0.15) is 5.82 Å². The van der Waals surface area contributed by atoms with Gasteiger partial charge in [-0.05, 0) is 13.3 Å². The van der Waals surface area contributed by atoms with Crippen molar-refractivity contribution in [3.05, 3.63) is 18.1 Å². The fourth-order valence-corrected chi connectivity index (χ4v) is 3.08. The highest BCUT2D eigenvalue weighted by Crippen LogP contribution is 2.30. The molecule has 0 N–H and O–H groups in total. The Morgan fingerprint density at radius 2 is 2.00 bits per heavy atom. The van der Waals surface area contributed by atoms with E-state index in [1.54, 1.807) is 17.3 Å². The summed E-state index contributed by atoms with van der Waals surface area (Å²) in [5, 5.41) is 0. The Morgan fingerprint density at radius 3 is 2.68 bits per heavy atom. The zero-order chi connectivity index (χ0) is 15.7. The number of aromatic nitrogens is 2. The van der Waals surface area contributed by atoms with Crippen LogP contribution < -0.4 is 4.90 Å². The van der Waals surface area contributed by atoms with E-state index in [-0.39, 0.29) is 37.8 Å². The van der Waals surface area contributed by atoms with Gasteiger partial charge < -0.3 is 9.80 Å². The van der Waals surface area contributed by atoms with Crippen molar-refractivity contribution in [3.8, 4) is 0 Å². The third-order valence-electron chi connectivity index (χ3n) is 4.41. The second-order valence-electron chi connectivity index (χ2n) is 6.13. The molecule has 0 aromatic carbocycles. The van der Waals surface area contributed by atoms with Crippen molar-refractivity contribution in [1.82, 2.24) is 14.9 Å². The number of rotatable bonds is 2. The molecule has 22 heavy (non-hydrogen) atoms. The molecule has 1 amide bonds. The highest BCUT2D eigenvalue weighted by Gasteiger charge is 2.38. The van der Waals surface area contributed by atoms with E-state index >= 15 is 0 Å². The Bertz CT molecular complexity index is 556. The number of halogens is 2. The number of aryl methyl sites for hydroxylation is 1. The van der Waals surface area contributed by atoms with Crippen LogP contribution in [0.1, 0.15) is 25.0 Å². The van der Waals surface area contributed by atoms with E-state index in [9.17, 15) is 13.6 Å². The van der Waals surface area contributed by atoms with E-state index in [2.05, 4.69) is 9.97 Å². The van der Waals surface area contributed by atoms with Crippen molar-refractivity contribution < 1.29 is 13.6 Å². The van der Waals surface area contributed by atoms with Crippen LogP contribution in [0.3, 0.4) is 0 Å². The molecular formula is C15H20F2N4O. The number of hydrogen-bond donors (Lipinski definition) is 0. The summed E-state index contributed by atoms with van der Waals surface area (Å²) in [6.45, 7) is 3.53. The number of alkyl halides is 2. The predicted octanol–water partition coefficient (Wildman–Crippen LogP) is 1.87. The maximum atomic E-state index is 13.2. The van der Waals surface area contributed by atoms with Crippen LogP contribution in [-0.4, -0.2) is 52.9 Å². The molecule has 7 heteroatoms. The molecule has 1 unspecified atom stereocenters. The number of nitrogens with zero attached hydrogens (tertiary/aromatic N) is 4. The number of likely N-dealkylation sites (tertiary alicyclic amines) is 1. The van der Waals surface area contributed by atoms with E-state index in [0.717, 1.165) is 24.5 Å². The fraction of sp³-hybridized carbons (Fsp3) is 0.667. The summed E-state index contributed by atoms with van der Waals surface area (Å²) in [6, 6.07) is 0. The van der Waals surface area contributed by atoms with Crippen molar-refractivity contribution in [2.45, 2.75) is 32.1 Å². The molecule has 0 aliphatic carbocycles. The molecule has 120 valence electrons. The summed E-state index contributed by atoms with van der Waals surface area (Å²) in [4.78, 5) is 24.6. The summed E-state index contributed by atoms with van der Waals surface area (Å²) >= 11 is 0. The monoisotopic (exact) mass is 310 g/mol. The minimum absolute atomic E-state index is 0.00128. The standard InChI is InChI=1S/C15H20F2N4O/c1-11-8-18-9-13(19-11)21-5-2-12(10-21)14(22)20-6-3-15(16,17)4-7-20/h8-9,12H,2-7,10H2,1H3. The SMILES string of the molecule is Cc1cncc(N2CCC(C(=O)N3CCC(F)(F)CC3)C2)n1. The maximum absolute atomic E-state index is 13.2. The van der Waals surface area contributed by atoms with Crippen LogP contribution >= 0.6 is 0 Å². The van der Waals surface area contributed by atoms with E-state index in [1.165, 1.54) is 0 Å². The topological polar surface area (TPSA) is 49.3 Å². The van der Waals surface area contributed by atoms with Gasteiger partial charge in [0.2, 0.25) is 5.91 Å². The van der Waals surface area contributed by atoms with Crippen molar-refractivity contribution in [3.63, 3.8) is 0 Å². The lowest BCUT2D eigenvalue weighted by molar-refractivity contribution is -0.140. The zero-order valence-corrected chi connectivity index (χ0v) is 12.6. The Morgan fingerprint density at radius 1 is 1.27 bits per heavy atom. The normalized spacial score (nSPS) is 24.6. The third-order valence-corrected chi connectivity index (χ3v) is 4.41. The van der Waals surface area contributed by atoms with Crippen molar-refractivity contribution in [2.75, 3.05) is 31.1 Å². The minimum Gasteiger partial charge on any atom is -0.355 e. The fourth-order valence-electron chi connectivity index (χ4n) is 3.08. The minimum atomic E-state index is -2.62. The van der Waals surface area contributed by atoms with E-state index in [0.29, 0.717) is 6.54 Å². The molecule has 1 aromatic rings. The molecule has 0 radical (unpaired) electrons. The van der Waals surface area contributed by atoms with Gasteiger partial charge in [0.05, 0.1) is 17.8 Å². The second kappa shape index (κ2) is 5.78. The number of anilines is 1. The first-order chi connectivity index (χ1) is 10.4. The lowest BCUT2D eigenvalue weighted by atomic mass is 10.0. The summed E-state index contributed by atoms with van der Waals surface area (Å²) in [5.41, 5.74) is 0.838. The molecule has 0 bridgehead atoms. The van der Waals surface area contributed by atoms with Crippen LogP contribution in [0.2, 0.25) is 0 Å². The molecule has 1 atom stereocenters. The van der Waals surface area contributed by atoms with Gasteiger partial charge in [-0.2, -0.15) is 0 Å². The van der Waals surface area contributed by atoms with Crippen molar-refractivity contribution in [1.29, 1.82) is 0 Å². The molecule has 0 saturated carbocycles. The highest BCUT2D eigenvalue weighted by molar-refractivity contribution is 5.80. The largest absolute Gasteiger partial charge is 0.355 e. The van der Waals surface area contributed by atoms with Crippen LogP contribution in [0.5, 0.6) is 0 Å². The zero-order valence-electron chi connectivity index (χ0n) is 12.6. The van der Waals surface area contributed by atoms with Gasteiger partial charge in [-0.3, -0.25) is 9.78 Å². The van der Waals surface area contributed by atoms with Gasteiger partial charge in [0.25, 0.3) is 5.92 Å². The molecule has 1 aromatic heterocycles. The molecule has 2 aliphatic rings. The predicted molar refractivity (Wildman–Crippen MR) is 77.9 cm³/mol. The Balaban J connectivity index is 1.59. The average molecular weight is 310 g/mol. The number of carbonyl (C=O) groups is 1. The molecule has 3 heterocycles. The van der Waals surface area contributed by atoms with Crippen LogP contribution in [-0.2, 0) is 4.79 Å². The molecule has 0 spiro atoms. The first-order valence-corrected chi connectivity index (χ1v) is 7.65. The number of hydrogen-bond acceptors (Lipinski definition) is 4. The number of carbonyl (C=O) groups excluding carboxylic acids is 1. The first kappa shape index (κ1) is 15.1. The number of piperidine rings is 1. The van der Waals surface area contributed by atoms with Crippen LogP contribution in [0, 0.1) is 12.8 Å². The van der Waals surface area contributed by atoms with Gasteiger partial charge >= 0.3 is 0 Å². The molecular weight excluding hydrogens is 290 g/mol. The van der Waals surface area contributed by atoms with Gasteiger partial charge in [0, 0.05) is 45.2 Å². The summed E-state index contributed by atoms with van der Waals surface area (Å²) in [6.07, 6.45) is 3.68. The van der Waals surface area contributed by atoms with E-state index in [4.69, 9.17) is 0 Å². The second-order valence-corrected chi connectivity index (χ2v) is 6.13. The third kappa shape index (κ3) is 3.18. The van der Waals surface area contributed by atoms with Gasteiger partial charge in [0.15, 0.2) is 0 Å². The Labute approximate surface area is 128 Å². The first-order valence-electron chi connectivity index (χ1n) is 7.65. The Kier molecular flexibility index (Phi) is 3.97. The quantitative estimate of drug-likeness (QED) is 0.837. The van der Waals surface area contributed by atoms with E-state index in [1.807, 2.05) is 11.8 Å². The molecule has 2 aliphatic heterocycles. The smallest absolute Gasteiger partial charge is 0.251 e. The average Bonchev–Trinajstić information content (AvgIpc) is 2.96. The van der Waals surface area contributed by atoms with Crippen molar-refractivity contribution in [2.24, 2.45) is 5.92 Å². The highest BCUT2D eigenvalue weighted by atomic mass is 19.3. The summed E-state index contributed by atoms with van der Waals surface area (Å²) in [7, 11) is 0. The lowest BCUT2D eigenvalue weighted by Gasteiger charge is -2.33. The molecule has 2 saturated heterocycles. The van der Waals surface area contributed by atoms with Gasteiger partial charge in [-0.1, -0.05) is 0 Å². The molecule has 3 rings (SSSR count). The van der Waals surface area contributed by atoms with Gasteiger partial charge in [-0.25, -0.2) is 13.8 Å². The summed E-state index contributed by atoms with van der Waals surface area (Å²) in [5.74, 6) is -1.97. The van der Waals surface area contributed by atoms with Crippen LogP contribution in [0.4, 0.5) is 14.6 Å². The van der Waals surface area contributed by atoms with Gasteiger partial charge in [-0.15, -0.1) is 0 Å². The van der Waals surface area contributed by atoms with Crippen LogP contribution in [0.25, 0.3) is 0 Å². The summed E-state index contributed by atoms with van der Waals surface area (Å²) < 4.78 is 26.4. The maximum Gasteiger partial charge on any atom is 0.251 e. The Hall–Kier alpha value is -1.79. The van der Waals surface area contributed by atoms with Crippen molar-refractivity contribution >= 4 is 11.7 Å². The molecule has 2 fully saturated rings. The van der Waals surface area contributed by atoms with E-state index < -0.39 is 5.92 Å². The molecule has 5 nitrogen and oxygen atoms in total. The lowest BCUT2D eigenvalue weighted by Crippen LogP contribution is -2.45. The van der Waals surface area contributed by atoms with Crippen LogP contribution in [0.15, 0.2) is 12.4 Å². The number of amides is 1.